The lowest BCUT2D eigenvalue weighted by atomic mass is 9.91. The lowest BCUT2D eigenvalue weighted by Gasteiger charge is -2.26. The van der Waals surface area contributed by atoms with Gasteiger partial charge >= 0.3 is 0 Å². The van der Waals surface area contributed by atoms with E-state index >= 15 is 0 Å². The number of ketones is 1. The quantitative estimate of drug-likeness (QED) is 0.848. The van der Waals surface area contributed by atoms with E-state index in [1.165, 1.54) is 32.1 Å². The Bertz CT molecular complexity index is 505. The zero-order chi connectivity index (χ0) is 14.1. The van der Waals surface area contributed by atoms with E-state index in [9.17, 15) is 9.18 Å². The molecule has 2 unspecified atom stereocenters. The summed E-state index contributed by atoms with van der Waals surface area (Å²) in [7, 11) is 1.51. The van der Waals surface area contributed by atoms with Gasteiger partial charge in [0.2, 0.25) is 0 Å². The molecule has 2 saturated heterocycles. The predicted molar refractivity (Wildman–Crippen MR) is 78.8 cm³/mol. The molecule has 2 heterocycles. The third-order valence-corrected chi connectivity index (χ3v) is 5.92. The van der Waals surface area contributed by atoms with E-state index in [1.54, 1.807) is 6.07 Å². The van der Waals surface area contributed by atoms with Gasteiger partial charge in [-0.05, 0) is 43.4 Å². The minimum absolute atomic E-state index is 0.169. The average Bonchev–Trinajstić information content (AvgIpc) is 2.76. The fraction of sp³-hybridized carbons (Fsp3) is 0.562. The van der Waals surface area contributed by atoms with Crippen LogP contribution < -0.4 is 4.74 Å². The lowest BCUT2D eigenvalue weighted by molar-refractivity contribution is -0.122. The van der Waals surface area contributed by atoms with E-state index in [1.807, 2.05) is 0 Å². The summed E-state index contributed by atoms with van der Waals surface area (Å²) in [5.74, 6) is 0.566. The normalized spacial score (nSPS) is 28.4. The highest BCUT2D eigenvalue weighted by atomic mass is 32.2. The summed E-state index contributed by atoms with van der Waals surface area (Å²) in [5.41, 5.74) is 0.720. The highest BCUT2D eigenvalue weighted by Gasteiger charge is 2.37. The van der Waals surface area contributed by atoms with Crippen molar-refractivity contribution in [3.63, 3.8) is 0 Å². The van der Waals surface area contributed by atoms with Crippen LogP contribution in [-0.4, -0.2) is 23.4 Å². The molecule has 1 aromatic carbocycles. The maximum absolute atomic E-state index is 13.4. The highest BCUT2D eigenvalue weighted by molar-refractivity contribution is 8.00. The van der Waals surface area contributed by atoms with Crippen LogP contribution in [0.25, 0.3) is 0 Å². The molecule has 0 spiro atoms. The van der Waals surface area contributed by atoms with Gasteiger partial charge in [-0.3, -0.25) is 4.79 Å². The molecule has 0 aromatic heterocycles. The fourth-order valence-corrected chi connectivity index (χ4v) is 5.08. The highest BCUT2D eigenvalue weighted by Crippen LogP contribution is 2.46. The fourth-order valence-electron chi connectivity index (χ4n) is 3.31. The summed E-state index contributed by atoms with van der Waals surface area (Å²) >= 11 is 2.06. The molecule has 4 heteroatoms. The number of benzene rings is 1. The Morgan fingerprint density at radius 1 is 1.30 bits per heavy atom. The number of methoxy groups -OCH3 is 1. The van der Waals surface area contributed by atoms with Crippen molar-refractivity contribution < 1.29 is 13.9 Å². The van der Waals surface area contributed by atoms with Gasteiger partial charge in [0.25, 0.3) is 0 Å². The number of halogens is 1. The molecule has 108 valence electrons. The summed E-state index contributed by atoms with van der Waals surface area (Å²) in [6.07, 6.45) is 4.85. The number of carbonyl (C=O) groups is 1. The van der Waals surface area contributed by atoms with Gasteiger partial charge < -0.3 is 4.74 Å². The Morgan fingerprint density at radius 2 is 2.00 bits per heavy atom. The minimum atomic E-state index is -0.341. The van der Waals surface area contributed by atoms with E-state index in [2.05, 4.69) is 11.8 Å². The van der Waals surface area contributed by atoms with Crippen LogP contribution in [0.1, 0.15) is 31.2 Å². The Labute approximate surface area is 123 Å². The van der Waals surface area contributed by atoms with Gasteiger partial charge in [0.1, 0.15) is 17.3 Å². The second-order valence-electron chi connectivity index (χ2n) is 5.77. The molecule has 0 saturated carbocycles. The smallest absolute Gasteiger partial charge is 0.140 e. The molecule has 2 bridgehead atoms. The molecule has 2 aliphatic rings. The molecule has 2 atom stereocenters. The molecule has 2 aliphatic heterocycles. The SMILES string of the molecule is COc1cc(F)cc(CC(=O)C2CC3CCC(C2)S3)c1. The van der Waals surface area contributed by atoms with Crippen LogP contribution in [0.2, 0.25) is 0 Å². The van der Waals surface area contributed by atoms with Crippen molar-refractivity contribution in [3.05, 3.63) is 29.6 Å². The molecule has 0 aliphatic carbocycles. The summed E-state index contributed by atoms with van der Waals surface area (Å²) in [5, 5.41) is 1.34. The maximum atomic E-state index is 13.4. The second kappa shape index (κ2) is 5.76. The first kappa shape index (κ1) is 13.9. The molecular weight excluding hydrogens is 275 g/mol. The topological polar surface area (TPSA) is 26.3 Å². The van der Waals surface area contributed by atoms with E-state index in [0.29, 0.717) is 22.7 Å². The van der Waals surface area contributed by atoms with Crippen LogP contribution in [0.4, 0.5) is 4.39 Å². The maximum Gasteiger partial charge on any atom is 0.140 e. The summed E-state index contributed by atoms with van der Waals surface area (Å²) in [6, 6.07) is 4.53. The van der Waals surface area contributed by atoms with E-state index < -0.39 is 0 Å². The zero-order valence-corrected chi connectivity index (χ0v) is 12.4. The summed E-state index contributed by atoms with van der Waals surface area (Å²) in [6.45, 7) is 0. The van der Waals surface area contributed by atoms with Gasteiger partial charge in [-0.2, -0.15) is 11.8 Å². The first-order valence-electron chi connectivity index (χ1n) is 7.15. The van der Waals surface area contributed by atoms with Crippen LogP contribution in [0.5, 0.6) is 5.75 Å². The van der Waals surface area contributed by atoms with Gasteiger partial charge in [-0.25, -0.2) is 4.39 Å². The summed E-state index contributed by atoms with van der Waals surface area (Å²) in [4.78, 5) is 12.4. The standard InChI is InChI=1S/C16H19FO2S/c1-19-13-5-10(4-12(17)9-13)6-16(18)11-7-14-2-3-15(8-11)20-14/h4-5,9,11,14-15H,2-3,6-8H2,1H3. The third kappa shape index (κ3) is 3.00. The predicted octanol–water partition coefficient (Wildman–Crippen LogP) is 3.62. The Hall–Kier alpha value is -1.03. The average molecular weight is 294 g/mol. The van der Waals surface area contributed by atoms with Gasteiger partial charge in [-0.15, -0.1) is 0 Å². The van der Waals surface area contributed by atoms with Crippen molar-refractivity contribution in [2.45, 2.75) is 42.6 Å². The van der Waals surface area contributed by atoms with E-state index in [4.69, 9.17) is 4.74 Å². The molecule has 20 heavy (non-hydrogen) atoms. The number of carbonyl (C=O) groups excluding carboxylic acids is 1. The summed E-state index contributed by atoms with van der Waals surface area (Å²) < 4.78 is 18.5. The number of hydrogen-bond acceptors (Lipinski definition) is 3. The lowest BCUT2D eigenvalue weighted by Crippen LogP contribution is -2.26. The van der Waals surface area contributed by atoms with Crippen molar-refractivity contribution in [2.75, 3.05) is 7.11 Å². The van der Waals surface area contributed by atoms with Crippen molar-refractivity contribution in [2.24, 2.45) is 5.92 Å². The first-order chi connectivity index (χ1) is 9.64. The van der Waals surface area contributed by atoms with E-state index in [-0.39, 0.29) is 17.5 Å². The first-order valence-corrected chi connectivity index (χ1v) is 8.10. The minimum Gasteiger partial charge on any atom is -0.497 e. The van der Waals surface area contributed by atoms with Crippen LogP contribution in [-0.2, 0) is 11.2 Å². The van der Waals surface area contributed by atoms with Crippen LogP contribution >= 0.6 is 11.8 Å². The molecule has 3 rings (SSSR count). The Balaban J connectivity index is 1.68. The monoisotopic (exact) mass is 294 g/mol. The number of hydrogen-bond donors (Lipinski definition) is 0. The van der Waals surface area contributed by atoms with Crippen LogP contribution in [0, 0.1) is 11.7 Å². The molecular formula is C16H19FO2S. The zero-order valence-electron chi connectivity index (χ0n) is 11.6. The largest absolute Gasteiger partial charge is 0.497 e. The van der Waals surface area contributed by atoms with Crippen LogP contribution in [0.3, 0.4) is 0 Å². The van der Waals surface area contributed by atoms with Crippen molar-refractivity contribution in [3.8, 4) is 5.75 Å². The number of fused-ring (bicyclic) bond motifs is 2. The number of ether oxygens (including phenoxy) is 1. The molecule has 2 fully saturated rings. The third-order valence-electron chi connectivity index (χ3n) is 4.29. The second-order valence-corrected chi connectivity index (χ2v) is 7.37. The number of rotatable bonds is 4. The van der Waals surface area contributed by atoms with E-state index in [0.717, 1.165) is 18.4 Å². The van der Waals surface area contributed by atoms with Gasteiger partial charge in [0.05, 0.1) is 7.11 Å². The molecule has 2 nitrogen and oxygen atoms in total. The van der Waals surface area contributed by atoms with Gasteiger partial charge in [-0.1, -0.05) is 0 Å². The molecule has 1 aromatic rings. The molecule has 0 amide bonds. The number of Topliss-reactive ketones (excluding diaryl/α,β-unsaturated/α-hetero) is 1. The number of thioether (sulfide) groups is 1. The Morgan fingerprint density at radius 3 is 2.65 bits per heavy atom. The molecule has 0 radical (unpaired) electrons. The molecule has 0 N–H and O–H groups in total. The Kier molecular flexibility index (Phi) is 4.01. The van der Waals surface area contributed by atoms with Crippen molar-refractivity contribution >= 4 is 17.5 Å². The van der Waals surface area contributed by atoms with Crippen LogP contribution in [0.15, 0.2) is 18.2 Å². The van der Waals surface area contributed by atoms with Gasteiger partial charge in [0, 0.05) is 28.9 Å². The van der Waals surface area contributed by atoms with Crippen molar-refractivity contribution in [1.82, 2.24) is 0 Å². The van der Waals surface area contributed by atoms with Gasteiger partial charge in [0.15, 0.2) is 0 Å². The van der Waals surface area contributed by atoms with Crippen molar-refractivity contribution in [1.29, 1.82) is 0 Å².